The molecule has 0 aromatic heterocycles. The van der Waals surface area contributed by atoms with Crippen LogP contribution in [0.4, 0.5) is 0 Å². The SMILES string of the molecule is CO[C@@]1(C)C(C)O[C@H](CO)[C@H]1O. The zero-order chi connectivity index (χ0) is 9.35. The van der Waals surface area contributed by atoms with E-state index in [0.29, 0.717) is 0 Å². The van der Waals surface area contributed by atoms with Crippen LogP contribution in [-0.2, 0) is 9.47 Å². The Hall–Kier alpha value is -0.160. The molecule has 1 fully saturated rings. The topological polar surface area (TPSA) is 58.9 Å². The summed E-state index contributed by atoms with van der Waals surface area (Å²) in [6.07, 6.45) is -1.48. The third kappa shape index (κ3) is 1.25. The molecule has 4 nitrogen and oxygen atoms in total. The van der Waals surface area contributed by atoms with Crippen molar-refractivity contribution in [1.82, 2.24) is 0 Å². The minimum absolute atomic E-state index is 0.176. The number of rotatable bonds is 2. The Morgan fingerprint density at radius 3 is 2.42 bits per heavy atom. The molecule has 0 aromatic carbocycles. The molecule has 4 atom stereocenters. The highest BCUT2D eigenvalue weighted by Crippen LogP contribution is 2.33. The first-order chi connectivity index (χ1) is 5.56. The van der Waals surface area contributed by atoms with Crippen LogP contribution in [0.2, 0.25) is 0 Å². The van der Waals surface area contributed by atoms with Crippen molar-refractivity contribution < 1.29 is 19.7 Å². The number of aliphatic hydroxyl groups is 2. The average molecular weight is 176 g/mol. The highest BCUT2D eigenvalue weighted by Gasteiger charge is 2.51. The van der Waals surface area contributed by atoms with Crippen LogP contribution >= 0.6 is 0 Å². The van der Waals surface area contributed by atoms with E-state index in [2.05, 4.69) is 0 Å². The quantitative estimate of drug-likeness (QED) is 0.597. The third-order valence-electron chi connectivity index (χ3n) is 2.75. The van der Waals surface area contributed by atoms with Crippen LogP contribution < -0.4 is 0 Å². The molecule has 4 heteroatoms. The first-order valence-electron chi connectivity index (χ1n) is 4.05. The number of hydrogen-bond donors (Lipinski definition) is 2. The van der Waals surface area contributed by atoms with Crippen LogP contribution in [0.3, 0.4) is 0 Å². The van der Waals surface area contributed by atoms with Crippen molar-refractivity contribution in [2.75, 3.05) is 13.7 Å². The van der Waals surface area contributed by atoms with E-state index in [1.807, 2.05) is 6.92 Å². The molecular formula is C8H16O4. The molecule has 12 heavy (non-hydrogen) atoms. The van der Waals surface area contributed by atoms with Crippen LogP contribution in [0, 0.1) is 0 Å². The van der Waals surface area contributed by atoms with Crippen LogP contribution in [0.1, 0.15) is 13.8 Å². The van der Waals surface area contributed by atoms with Crippen molar-refractivity contribution in [3.05, 3.63) is 0 Å². The van der Waals surface area contributed by atoms with Crippen molar-refractivity contribution >= 4 is 0 Å². The molecule has 1 heterocycles. The van der Waals surface area contributed by atoms with Crippen LogP contribution in [0.5, 0.6) is 0 Å². The fourth-order valence-electron chi connectivity index (χ4n) is 1.51. The molecule has 2 N–H and O–H groups in total. The molecule has 0 aliphatic carbocycles. The molecule has 1 unspecified atom stereocenters. The van der Waals surface area contributed by atoms with Gasteiger partial charge in [0.1, 0.15) is 17.8 Å². The maximum Gasteiger partial charge on any atom is 0.119 e. The molecule has 1 aliphatic heterocycles. The lowest BCUT2D eigenvalue weighted by atomic mass is 9.93. The first-order valence-corrected chi connectivity index (χ1v) is 4.05. The van der Waals surface area contributed by atoms with Gasteiger partial charge < -0.3 is 19.7 Å². The monoisotopic (exact) mass is 176 g/mol. The fourth-order valence-corrected chi connectivity index (χ4v) is 1.51. The largest absolute Gasteiger partial charge is 0.394 e. The first kappa shape index (κ1) is 9.92. The van der Waals surface area contributed by atoms with E-state index in [1.165, 1.54) is 7.11 Å². The van der Waals surface area contributed by atoms with Gasteiger partial charge in [-0.1, -0.05) is 0 Å². The summed E-state index contributed by atoms with van der Waals surface area (Å²) in [6, 6.07) is 0. The van der Waals surface area contributed by atoms with Crippen LogP contribution in [0.25, 0.3) is 0 Å². The zero-order valence-corrected chi connectivity index (χ0v) is 7.65. The Morgan fingerprint density at radius 1 is 1.58 bits per heavy atom. The van der Waals surface area contributed by atoms with E-state index >= 15 is 0 Å². The second-order valence-electron chi connectivity index (χ2n) is 3.33. The summed E-state index contributed by atoms with van der Waals surface area (Å²) in [7, 11) is 1.53. The summed E-state index contributed by atoms with van der Waals surface area (Å²) in [4.78, 5) is 0. The van der Waals surface area contributed by atoms with Crippen molar-refractivity contribution in [1.29, 1.82) is 0 Å². The van der Waals surface area contributed by atoms with E-state index < -0.39 is 17.8 Å². The maximum atomic E-state index is 9.67. The van der Waals surface area contributed by atoms with E-state index in [9.17, 15) is 5.11 Å². The Labute approximate surface area is 72.1 Å². The summed E-state index contributed by atoms with van der Waals surface area (Å²) < 4.78 is 10.5. The Bertz CT molecular complexity index is 161. The number of methoxy groups -OCH3 is 1. The second-order valence-corrected chi connectivity index (χ2v) is 3.33. The molecule has 0 bridgehead atoms. The van der Waals surface area contributed by atoms with Gasteiger partial charge in [0.2, 0.25) is 0 Å². The van der Waals surface area contributed by atoms with E-state index in [1.54, 1.807) is 6.92 Å². The van der Waals surface area contributed by atoms with Crippen LogP contribution in [-0.4, -0.2) is 47.8 Å². The number of ether oxygens (including phenoxy) is 2. The van der Waals surface area contributed by atoms with Crippen molar-refractivity contribution in [3.63, 3.8) is 0 Å². The zero-order valence-electron chi connectivity index (χ0n) is 7.65. The van der Waals surface area contributed by atoms with Gasteiger partial charge in [0, 0.05) is 7.11 Å². The summed E-state index contributed by atoms with van der Waals surface area (Å²) >= 11 is 0. The molecule has 0 amide bonds. The Morgan fingerprint density at radius 2 is 2.17 bits per heavy atom. The lowest BCUT2D eigenvalue weighted by Crippen LogP contribution is -2.46. The Balaban J connectivity index is 2.76. The smallest absolute Gasteiger partial charge is 0.119 e. The van der Waals surface area contributed by atoms with E-state index in [0.717, 1.165) is 0 Å². The summed E-state index contributed by atoms with van der Waals surface area (Å²) in [5.41, 5.74) is -0.701. The molecule has 0 radical (unpaired) electrons. The third-order valence-corrected chi connectivity index (χ3v) is 2.75. The molecular weight excluding hydrogens is 160 g/mol. The second kappa shape index (κ2) is 3.30. The molecule has 72 valence electrons. The predicted octanol–water partition coefficient (Wildman–Crippen LogP) is -0.468. The van der Waals surface area contributed by atoms with E-state index in [4.69, 9.17) is 14.6 Å². The van der Waals surface area contributed by atoms with Crippen molar-refractivity contribution in [2.24, 2.45) is 0 Å². The van der Waals surface area contributed by atoms with Gasteiger partial charge in [-0.2, -0.15) is 0 Å². The summed E-state index contributed by atoms with van der Waals surface area (Å²) in [5.74, 6) is 0. The van der Waals surface area contributed by atoms with Gasteiger partial charge in [0.05, 0.1) is 12.7 Å². The molecule has 0 aromatic rings. The molecule has 1 saturated heterocycles. The fraction of sp³-hybridized carbons (Fsp3) is 1.00. The summed E-state index contributed by atoms with van der Waals surface area (Å²) in [5, 5.41) is 18.5. The molecule has 0 spiro atoms. The standard InChI is InChI=1S/C8H16O4/c1-5-8(2,11-3)7(10)6(4-9)12-5/h5-7,9-10H,4H2,1-3H3/t5?,6-,7-,8+/m1/s1. The maximum absolute atomic E-state index is 9.67. The highest BCUT2D eigenvalue weighted by atomic mass is 16.6. The highest BCUT2D eigenvalue weighted by molar-refractivity contribution is 4.99. The summed E-state index contributed by atoms with van der Waals surface area (Å²) in [6.45, 7) is 3.42. The lowest BCUT2D eigenvalue weighted by Gasteiger charge is -2.29. The average Bonchev–Trinajstić information content (AvgIpc) is 2.30. The molecule has 1 aliphatic rings. The normalized spacial score (nSPS) is 48.2. The van der Waals surface area contributed by atoms with Gasteiger partial charge in [0.15, 0.2) is 0 Å². The number of hydrogen-bond acceptors (Lipinski definition) is 4. The van der Waals surface area contributed by atoms with Crippen LogP contribution in [0.15, 0.2) is 0 Å². The van der Waals surface area contributed by atoms with Crippen molar-refractivity contribution in [3.8, 4) is 0 Å². The predicted molar refractivity (Wildman–Crippen MR) is 42.8 cm³/mol. The molecule has 0 saturated carbocycles. The van der Waals surface area contributed by atoms with E-state index in [-0.39, 0.29) is 12.7 Å². The minimum Gasteiger partial charge on any atom is -0.394 e. The van der Waals surface area contributed by atoms with Gasteiger partial charge in [0.25, 0.3) is 0 Å². The Kier molecular flexibility index (Phi) is 2.73. The van der Waals surface area contributed by atoms with Gasteiger partial charge in [-0.15, -0.1) is 0 Å². The molecule has 1 rings (SSSR count). The minimum atomic E-state index is -0.762. The van der Waals surface area contributed by atoms with Gasteiger partial charge >= 0.3 is 0 Å². The van der Waals surface area contributed by atoms with Gasteiger partial charge in [-0.25, -0.2) is 0 Å². The van der Waals surface area contributed by atoms with Gasteiger partial charge in [-0.05, 0) is 13.8 Å². The van der Waals surface area contributed by atoms with Crippen molar-refractivity contribution in [2.45, 2.75) is 37.8 Å². The lowest BCUT2D eigenvalue weighted by molar-refractivity contribution is -0.0878. The number of aliphatic hydroxyl groups excluding tert-OH is 2. The van der Waals surface area contributed by atoms with Gasteiger partial charge in [-0.3, -0.25) is 0 Å².